The van der Waals surface area contributed by atoms with Crippen molar-refractivity contribution in [2.75, 3.05) is 20.2 Å². The molecule has 0 aliphatic rings. The van der Waals surface area contributed by atoms with Crippen LogP contribution in [0.4, 0.5) is 4.39 Å². The smallest absolute Gasteiger partial charge is 0.327 e. The van der Waals surface area contributed by atoms with Gasteiger partial charge in [0.25, 0.3) is 0 Å². The Bertz CT molecular complexity index is 475. The number of esters is 1. The Hall–Kier alpha value is -2.11. The zero-order chi connectivity index (χ0) is 14.1. The number of azide groups is 1. The van der Waals surface area contributed by atoms with Gasteiger partial charge < -0.3 is 10.1 Å². The predicted molar refractivity (Wildman–Crippen MR) is 67.8 cm³/mol. The summed E-state index contributed by atoms with van der Waals surface area (Å²) in [4.78, 5) is 14.3. The summed E-state index contributed by atoms with van der Waals surface area (Å²) in [6.45, 7) is 0.788. The molecule has 0 spiro atoms. The van der Waals surface area contributed by atoms with Crippen molar-refractivity contribution in [3.8, 4) is 0 Å². The molecule has 0 saturated heterocycles. The molecule has 0 fully saturated rings. The normalized spacial score (nSPS) is 11.5. The van der Waals surface area contributed by atoms with Crippen LogP contribution >= 0.6 is 0 Å². The molecule has 1 rings (SSSR count). The van der Waals surface area contributed by atoms with E-state index in [1.165, 1.54) is 25.3 Å². The van der Waals surface area contributed by atoms with Gasteiger partial charge in [-0.15, -0.1) is 0 Å². The molecule has 0 heterocycles. The van der Waals surface area contributed by atoms with Gasteiger partial charge in [0.2, 0.25) is 0 Å². The molecule has 102 valence electrons. The van der Waals surface area contributed by atoms with Gasteiger partial charge in [0.15, 0.2) is 0 Å². The Labute approximate surface area is 110 Å². The summed E-state index contributed by atoms with van der Waals surface area (Å²) in [6.07, 6.45) is 0.576. The first-order valence-electron chi connectivity index (χ1n) is 5.76. The molecule has 0 amide bonds. The molecule has 6 nitrogen and oxygen atoms in total. The number of nitrogens with zero attached hydrogens (tertiary/aromatic N) is 3. The highest BCUT2D eigenvalue weighted by molar-refractivity contribution is 5.77. The van der Waals surface area contributed by atoms with Crippen LogP contribution in [0.1, 0.15) is 18.0 Å². The van der Waals surface area contributed by atoms with Crippen LogP contribution in [-0.4, -0.2) is 26.2 Å². The summed E-state index contributed by atoms with van der Waals surface area (Å²) in [5, 5.41) is 6.33. The third-order valence-electron chi connectivity index (χ3n) is 2.47. The minimum atomic E-state index is -0.730. The number of methoxy groups -OCH3 is 1. The first-order valence-corrected chi connectivity index (χ1v) is 5.76. The van der Waals surface area contributed by atoms with Gasteiger partial charge in [0, 0.05) is 11.5 Å². The van der Waals surface area contributed by atoms with Gasteiger partial charge >= 0.3 is 5.97 Å². The van der Waals surface area contributed by atoms with Crippen LogP contribution in [0.5, 0.6) is 0 Å². The number of ether oxygens (including phenoxy) is 1. The maximum Gasteiger partial charge on any atom is 0.327 e. The molecule has 0 saturated carbocycles. The molecular weight excluding hydrogens is 251 g/mol. The van der Waals surface area contributed by atoms with Crippen molar-refractivity contribution in [1.82, 2.24) is 5.32 Å². The van der Waals surface area contributed by atoms with E-state index in [-0.39, 0.29) is 0 Å². The van der Waals surface area contributed by atoms with Crippen LogP contribution in [0.2, 0.25) is 0 Å². The quantitative estimate of drug-likeness (QED) is 0.270. The van der Waals surface area contributed by atoms with Gasteiger partial charge in [-0.3, -0.25) is 0 Å². The largest absolute Gasteiger partial charge is 0.468 e. The SMILES string of the molecule is COC(=O)C(NCCCN=[N+]=[N-])c1cccc(F)c1. The van der Waals surface area contributed by atoms with Gasteiger partial charge in [-0.05, 0) is 36.2 Å². The van der Waals surface area contributed by atoms with E-state index in [0.717, 1.165) is 0 Å². The second-order valence-corrected chi connectivity index (χ2v) is 3.77. The van der Waals surface area contributed by atoms with Crippen LogP contribution in [0.25, 0.3) is 10.4 Å². The summed E-state index contributed by atoms with van der Waals surface area (Å²) in [7, 11) is 1.27. The highest BCUT2D eigenvalue weighted by Gasteiger charge is 2.20. The first kappa shape index (κ1) is 14.9. The fraction of sp³-hybridized carbons (Fsp3) is 0.417. The molecular formula is C12H15FN4O2. The van der Waals surface area contributed by atoms with E-state index in [1.54, 1.807) is 6.07 Å². The summed E-state index contributed by atoms with van der Waals surface area (Å²) >= 11 is 0. The average molecular weight is 266 g/mol. The van der Waals surface area contributed by atoms with Gasteiger partial charge in [0.1, 0.15) is 11.9 Å². The average Bonchev–Trinajstić information content (AvgIpc) is 2.42. The fourth-order valence-electron chi connectivity index (χ4n) is 1.58. The van der Waals surface area contributed by atoms with Crippen molar-refractivity contribution in [1.29, 1.82) is 0 Å². The Morgan fingerprint density at radius 2 is 2.42 bits per heavy atom. The minimum Gasteiger partial charge on any atom is -0.468 e. The molecule has 1 unspecified atom stereocenters. The number of hydrogen-bond acceptors (Lipinski definition) is 4. The molecule has 1 aromatic carbocycles. The Kier molecular flexibility index (Phi) is 6.35. The van der Waals surface area contributed by atoms with Crippen molar-refractivity contribution < 1.29 is 13.9 Å². The van der Waals surface area contributed by atoms with Gasteiger partial charge in [0.05, 0.1) is 7.11 Å². The van der Waals surface area contributed by atoms with E-state index >= 15 is 0 Å². The third kappa shape index (κ3) is 4.95. The number of rotatable bonds is 7. The van der Waals surface area contributed by atoms with E-state index in [4.69, 9.17) is 5.53 Å². The van der Waals surface area contributed by atoms with E-state index in [0.29, 0.717) is 25.1 Å². The Morgan fingerprint density at radius 3 is 3.05 bits per heavy atom. The van der Waals surface area contributed by atoms with Gasteiger partial charge in [-0.2, -0.15) is 0 Å². The Balaban J connectivity index is 2.67. The van der Waals surface area contributed by atoms with Crippen LogP contribution in [0, 0.1) is 5.82 Å². The van der Waals surface area contributed by atoms with Gasteiger partial charge in [-0.25, -0.2) is 9.18 Å². The number of carbonyl (C=O) groups is 1. The molecule has 7 heteroatoms. The van der Waals surface area contributed by atoms with Crippen molar-refractivity contribution in [3.63, 3.8) is 0 Å². The molecule has 1 N–H and O–H groups in total. The van der Waals surface area contributed by atoms with Crippen molar-refractivity contribution in [3.05, 3.63) is 46.1 Å². The van der Waals surface area contributed by atoms with Crippen LogP contribution in [0.3, 0.4) is 0 Å². The molecule has 19 heavy (non-hydrogen) atoms. The maximum absolute atomic E-state index is 13.1. The van der Waals surface area contributed by atoms with E-state index in [9.17, 15) is 9.18 Å². The predicted octanol–water partition coefficient (Wildman–Crippen LogP) is 2.33. The molecule has 1 atom stereocenters. The van der Waals surface area contributed by atoms with Crippen molar-refractivity contribution >= 4 is 5.97 Å². The van der Waals surface area contributed by atoms with Crippen LogP contribution < -0.4 is 5.32 Å². The lowest BCUT2D eigenvalue weighted by Gasteiger charge is -2.16. The van der Waals surface area contributed by atoms with Crippen molar-refractivity contribution in [2.45, 2.75) is 12.5 Å². The number of carbonyl (C=O) groups excluding carboxylic acids is 1. The van der Waals surface area contributed by atoms with E-state index in [2.05, 4.69) is 20.1 Å². The molecule has 0 aliphatic heterocycles. The lowest BCUT2D eigenvalue weighted by molar-refractivity contribution is -0.143. The zero-order valence-corrected chi connectivity index (χ0v) is 10.5. The summed E-state index contributed by atoms with van der Waals surface area (Å²) in [5.41, 5.74) is 8.63. The first-order chi connectivity index (χ1) is 9.19. The summed E-state index contributed by atoms with van der Waals surface area (Å²) in [6, 6.07) is 5.03. The molecule has 1 aromatic rings. The Morgan fingerprint density at radius 1 is 1.63 bits per heavy atom. The lowest BCUT2D eigenvalue weighted by atomic mass is 10.1. The molecule has 0 aromatic heterocycles. The number of nitrogens with one attached hydrogen (secondary N) is 1. The second-order valence-electron chi connectivity index (χ2n) is 3.77. The van der Waals surface area contributed by atoms with Crippen molar-refractivity contribution in [2.24, 2.45) is 5.11 Å². The zero-order valence-electron chi connectivity index (χ0n) is 10.5. The highest BCUT2D eigenvalue weighted by atomic mass is 19.1. The maximum atomic E-state index is 13.1. The topological polar surface area (TPSA) is 87.1 Å². The molecule has 0 radical (unpaired) electrons. The van der Waals surface area contributed by atoms with Gasteiger partial charge in [-0.1, -0.05) is 17.2 Å². The fourth-order valence-corrected chi connectivity index (χ4v) is 1.58. The number of hydrogen-bond donors (Lipinski definition) is 1. The number of halogens is 1. The van der Waals surface area contributed by atoms with Crippen LogP contribution in [0.15, 0.2) is 29.4 Å². The summed E-state index contributed by atoms with van der Waals surface area (Å²) in [5.74, 6) is -0.906. The lowest BCUT2D eigenvalue weighted by Crippen LogP contribution is -2.30. The minimum absolute atomic E-state index is 0.334. The molecule has 0 aliphatic carbocycles. The monoisotopic (exact) mass is 266 g/mol. The number of benzene rings is 1. The molecule has 0 bridgehead atoms. The standard InChI is InChI=1S/C12H15FN4O2/c1-19-12(18)11(15-6-3-7-16-17-14)9-4-2-5-10(13)8-9/h2,4-5,8,11,15H,3,6-7H2,1H3. The highest BCUT2D eigenvalue weighted by Crippen LogP contribution is 2.15. The van der Waals surface area contributed by atoms with E-state index in [1.807, 2.05) is 0 Å². The van der Waals surface area contributed by atoms with E-state index < -0.39 is 17.8 Å². The second kappa shape index (κ2) is 8.07. The van der Waals surface area contributed by atoms with Crippen LogP contribution in [-0.2, 0) is 9.53 Å². The summed E-state index contributed by atoms with van der Waals surface area (Å²) < 4.78 is 17.8. The third-order valence-corrected chi connectivity index (χ3v) is 2.47.